The molecule has 0 saturated heterocycles. The van der Waals surface area contributed by atoms with Gasteiger partial charge in [-0.2, -0.15) is 0 Å². The summed E-state index contributed by atoms with van der Waals surface area (Å²) in [6.45, 7) is 5.93. The predicted molar refractivity (Wildman–Crippen MR) is 80.3 cm³/mol. The van der Waals surface area contributed by atoms with Crippen molar-refractivity contribution in [3.8, 4) is 0 Å². The molecule has 1 aromatic rings. The van der Waals surface area contributed by atoms with E-state index in [-0.39, 0.29) is 11.2 Å². The number of anilines is 1. The lowest BCUT2D eigenvalue weighted by Crippen LogP contribution is -2.32. The number of carbonyl (C=O) groups excluding carboxylic acids is 1. The standard InChI is InChI=1S/C14H22N2O2S/c1-3-18-10-4-9-16-14(17)11(2)19-13-7-5-12(15)6-8-13/h5-8,11H,3-4,9-10,15H2,1-2H3,(H,16,17). The summed E-state index contributed by atoms with van der Waals surface area (Å²) in [5.74, 6) is 0.0540. The Bertz CT molecular complexity index is 382. The van der Waals surface area contributed by atoms with Gasteiger partial charge in [0.25, 0.3) is 0 Å². The smallest absolute Gasteiger partial charge is 0.233 e. The Hall–Kier alpha value is -1.20. The van der Waals surface area contributed by atoms with E-state index in [0.29, 0.717) is 13.2 Å². The van der Waals surface area contributed by atoms with E-state index in [2.05, 4.69) is 5.32 Å². The fourth-order valence-corrected chi connectivity index (χ4v) is 2.37. The zero-order chi connectivity index (χ0) is 14.1. The van der Waals surface area contributed by atoms with Crippen LogP contribution in [0.2, 0.25) is 0 Å². The third-order valence-electron chi connectivity index (χ3n) is 2.53. The first-order chi connectivity index (χ1) is 9.13. The van der Waals surface area contributed by atoms with Gasteiger partial charge in [0, 0.05) is 30.3 Å². The molecule has 0 aliphatic rings. The molecule has 1 amide bonds. The highest BCUT2D eigenvalue weighted by Gasteiger charge is 2.13. The lowest BCUT2D eigenvalue weighted by atomic mass is 10.3. The summed E-state index contributed by atoms with van der Waals surface area (Å²) in [7, 11) is 0. The number of hydrogen-bond donors (Lipinski definition) is 2. The van der Waals surface area contributed by atoms with Crippen molar-refractivity contribution in [2.24, 2.45) is 0 Å². The van der Waals surface area contributed by atoms with Crippen molar-refractivity contribution in [2.75, 3.05) is 25.5 Å². The molecule has 106 valence electrons. The number of hydrogen-bond acceptors (Lipinski definition) is 4. The van der Waals surface area contributed by atoms with Crippen molar-refractivity contribution in [1.29, 1.82) is 0 Å². The van der Waals surface area contributed by atoms with Gasteiger partial charge in [0.1, 0.15) is 0 Å². The minimum Gasteiger partial charge on any atom is -0.399 e. The summed E-state index contributed by atoms with van der Waals surface area (Å²) in [5, 5.41) is 2.79. The van der Waals surface area contributed by atoms with Gasteiger partial charge in [-0.15, -0.1) is 11.8 Å². The normalized spacial score (nSPS) is 12.1. The molecule has 0 aromatic heterocycles. The summed E-state index contributed by atoms with van der Waals surface area (Å²) in [4.78, 5) is 12.9. The summed E-state index contributed by atoms with van der Waals surface area (Å²) in [5.41, 5.74) is 6.36. The van der Waals surface area contributed by atoms with Crippen LogP contribution in [-0.2, 0) is 9.53 Å². The monoisotopic (exact) mass is 282 g/mol. The molecule has 1 aromatic carbocycles. The molecule has 4 nitrogen and oxygen atoms in total. The van der Waals surface area contributed by atoms with Gasteiger partial charge >= 0.3 is 0 Å². The van der Waals surface area contributed by atoms with Crippen LogP contribution < -0.4 is 11.1 Å². The van der Waals surface area contributed by atoms with Gasteiger partial charge in [-0.25, -0.2) is 0 Å². The van der Waals surface area contributed by atoms with E-state index in [4.69, 9.17) is 10.5 Å². The molecule has 0 bridgehead atoms. The van der Waals surface area contributed by atoms with Gasteiger partial charge in [-0.3, -0.25) is 4.79 Å². The van der Waals surface area contributed by atoms with Crippen LogP contribution in [0.4, 0.5) is 5.69 Å². The lowest BCUT2D eigenvalue weighted by molar-refractivity contribution is -0.120. The molecular formula is C14H22N2O2S. The molecular weight excluding hydrogens is 260 g/mol. The third kappa shape index (κ3) is 6.50. The molecule has 3 N–H and O–H groups in total. The van der Waals surface area contributed by atoms with E-state index in [1.807, 2.05) is 38.1 Å². The molecule has 0 heterocycles. The molecule has 1 unspecified atom stereocenters. The number of benzene rings is 1. The predicted octanol–water partition coefficient (Wildman–Crippen LogP) is 2.29. The van der Waals surface area contributed by atoms with Gasteiger partial charge in [-0.05, 0) is 44.5 Å². The number of rotatable bonds is 8. The molecule has 0 aliphatic carbocycles. The summed E-state index contributed by atoms with van der Waals surface area (Å²) < 4.78 is 5.21. The van der Waals surface area contributed by atoms with E-state index in [9.17, 15) is 4.79 Å². The summed E-state index contributed by atoms with van der Waals surface area (Å²) in [6.07, 6.45) is 0.846. The van der Waals surface area contributed by atoms with E-state index < -0.39 is 0 Å². The van der Waals surface area contributed by atoms with Crippen LogP contribution in [0.1, 0.15) is 20.3 Å². The van der Waals surface area contributed by atoms with Gasteiger partial charge in [0.15, 0.2) is 0 Å². The Morgan fingerprint density at radius 3 is 2.74 bits per heavy atom. The lowest BCUT2D eigenvalue weighted by Gasteiger charge is -2.12. The third-order valence-corrected chi connectivity index (χ3v) is 3.64. The Morgan fingerprint density at radius 2 is 2.11 bits per heavy atom. The minimum atomic E-state index is -0.115. The Balaban J connectivity index is 2.26. The molecule has 1 rings (SSSR count). The Kier molecular flexibility index (Phi) is 7.36. The van der Waals surface area contributed by atoms with Crippen molar-refractivity contribution >= 4 is 23.4 Å². The summed E-state index contributed by atoms with van der Waals surface area (Å²) in [6, 6.07) is 7.54. The van der Waals surface area contributed by atoms with Crippen LogP contribution in [0.25, 0.3) is 0 Å². The first-order valence-corrected chi connectivity index (χ1v) is 7.39. The van der Waals surface area contributed by atoms with Crippen LogP contribution in [0.15, 0.2) is 29.2 Å². The number of nitrogens with one attached hydrogen (secondary N) is 1. The molecule has 1 atom stereocenters. The van der Waals surface area contributed by atoms with Gasteiger partial charge < -0.3 is 15.8 Å². The van der Waals surface area contributed by atoms with Gasteiger partial charge in [0.05, 0.1) is 5.25 Å². The second-order valence-electron chi connectivity index (χ2n) is 4.17. The number of carbonyl (C=O) groups is 1. The second-order valence-corrected chi connectivity index (χ2v) is 5.58. The fraction of sp³-hybridized carbons (Fsp3) is 0.500. The first-order valence-electron chi connectivity index (χ1n) is 6.51. The molecule has 5 heteroatoms. The van der Waals surface area contributed by atoms with Crippen LogP contribution >= 0.6 is 11.8 Å². The average Bonchev–Trinajstić information content (AvgIpc) is 2.41. The highest BCUT2D eigenvalue weighted by Crippen LogP contribution is 2.23. The molecule has 0 aliphatic heterocycles. The number of ether oxygens (including phenoxy) is 1. The van der Waals surface area contributed by atoms with Crippen LogP contribution in [0.5, 0.6) is 0 Å². The Labute approximate surface area is 119 Å². The molecule has 0 radical (unpaired) electrons. The molecule has 0 spiro atoms. The Morgan fingerprint density at radius 1 is 1.42 bits per heavy atom. The highest BCUT2D eigenvalue weighted by molar-refractivity contribution is 8.00. The van der Waals surface area contributed by atoms with Crippen molar-refractivity contribution in [1.82, 2.24) is 5.32 Å². The van der Waals surface area contributed by atoms with Gasteiger partial charge in [-0.1, -0.05) is 0 Å². The fourth-order valence-electron chi connectivity index (χ4n) is 1.48. The maximum Gasteiger partial charge on any atom is 0.233 e. The zero-order valence-corrected chi connectivity index (χ0v) is 12.3. The molecule has 19 heavy (non-hydrogen) atoms. The van der Waals surface area contributed by atoms with E-state index in [1.54, 1.807) is 0 Å². The summed E-state index contributed by atoms with van der Waals surface area (Å²) >= 11 is 1.53. The number of amides is 1. The maximum atomic E-state index is 11.8. The molecule has 0 saturated carbocycles. The zero-order valence-electron chi connectivity index (χ0n) is 11.5. The SMILES string of the molecule is CCOCCCNC(=O)C(C)Sc1ccc(N)cc1. The molecule has 0 fully saturated rings. The van der Waals surface area contributed by atoms with Crippen molar-refractivity contribution < 1.29 is 9.53 Å². The number of nitrogens with two attached hydrogens (primary N) is 1. The van der Waals surface area contributed by atoms with Crippen molar-refractivity contribution in [2.45, 2.75) is 30.4 Å². The van der Waals surface area contributed by atoms with Crippen molar-refractivity contribution in [3.05, 3.63) is 24.3 Å². The average molecular weight is 282 g/mol. The minimum absolute atomic E-state index is 0.0540. The first kappa shape index (κ1) is 15.9. The second kappa shape index (κ2) is 8.82. The number of thioether (sulfide) groups is 1. The maximum absolute atomic E-state index is 11.8. The van der Waals surface area contributed by atoms with E-state index in [1.165, 1.54) is 11.8 Å². The van der Waals surface area contributed by atoms with E-state index >= 15 is 0 Å². The van der Waals surface area contributed by atoms with E-state index in [0.717, 1.165) is 23.6 Å². The van der Waals surface area contributed by atoms with Crippen molar-refractivity contribution in [3.63, 3.8) is 0 Å². The van der Waals surface area contributed by atoms with Gasteiger partial charge in [0.2, 0.25) is 5.91 Å². The van der Waals surface area contributed by atoms with Crippen LogP contribution in [0.3, 0.4) is 0 Å². The van der Waals surface area contributed by atoms with Crippen LogP contribution in [-0.4, -0.2) is 30.9 Å². The largest absolute Gasteiger partial charge is 0.399 e. The number of nitrogen functional groups attached to an aromatic ring is 1. The highest BCUT2D eigenvalue weighted by atomic mass is 32.2. The van der Waals surface area contributed by atoms with Crippen LogP contribution in [0, 0.1) is 0 Å². The topological polar surface area (TPSA) is 64.3 Å². The quantitative estimate of drug-likeness (QED) is 0.436.